The lowest BCUT2D eigenvalue weighted by molar-refractivity contribution is 0.581. The minimum atomic E-state index is -4.04. The number of hydrogen-bond acceptors (Lipinski definition) is 4. The second-order valence-corrected chi connectivity index (χ2v) is 9.00. The van der Waals surface area contributed by atoms with Crippen LogP contribution in [0.5, 0.6) is 0 Å². The van der Waals surface area contributed by atoms with E-state index >= 15 is 0 Å². The summed E-state index contributed by atoms with van der Waals surface area (Å²) in [6.45, 7) is 5.13. The molecular formula is C8H16O4S2. The highest BCUT2D eigenvalue weighted by atomic mass is 33.2. The van der Waals surface area contributed by atoms with Crippen LogP contribution in [-0.2, 0) is 17.7 Å². The zero-order valence-corrected chi connectivity index (χ0v) is 9.90. The minimum Gasteiger partial charge on any atom is -0.213 e. The van der Waals surface area contributed by atoms with Crippen molar-refractivity contribution >= 4 is 17.7 Å². The maximum atomic E-state index is 11.3. The van der Waals surface area contributed by atoms with Crippen LogP contribution in [0.3, 0.4) is 0 Å². The number of rotatable bonds is 7. The molecule has 6 heteroatoms. The first kappa shape index (κ1) is 13.6. The third kappa shape index (κ3) is 3.79. The van der Waals surface area contributed by atoms with E-state index in [1.165, 1.54) is 0 Å². The predicted molar refractivity (Wildman–Crippen MR) is 57.3 cm³/mol. The average Bonchev–Trinajstić information content (AvgIpc) is 2.04. The Labute approximate surface area is 85.3 Å². The van der Waals surface area contributed by atoms with Gasteiger partial charge in [0.25, 0.3) is 17.7 Å². The second kappa shape index (κ2) is 5.50. The van der Waals surface area contributed by atoms with Gasteiger partial charge in [-0.3, -0.25) is 0 Å². The summed E-state index contributed by atoms with van der Waals surface area (Å²) < 4.78 is 44.9. The summed E-state index contributed by atoms with van der Waals surface area (Å²) in [6, 6.07) is 0. The van der Waals surface area contributed by atoms with Crippen LogP contribution in [0.15, 0.2) is 12.7 Å². The summed E-state index contributed by atoms with van der Waals surface area (Å²) >= 11 is 0. The van der Waals surface area contributed by atoms with Crippen molar-refractivity contribution in [2.45, 2.75) is 26.2 Å². The average molecular weight is 240 g/mol. The van der Waals surface area contributed by atoms with Gasteiger partial charge in [-0.05, 0) is 6.42 Å². The van der Waals surface area contributed by atoms with Gasteiger partial charge in [0.05, 0.1) is 11.5 Å². The molecule has 0 amide bonds. The molecule has 14 heavy (non-hydrogen) atoms. The van der Waals surface area contributed by atoms with Crippen molar-refractivity contribution in [3.05, 3.63) is 12.7 Å². The van der Waals surface area contributed by atoms with Gasteiger partial charge in [-0.2, -0.15) is 0 Å². The van der Waals surface area contributed by atoms with Gasteiger partial charge in [-0.15, -0.1) is 6.58 Å². The van der Waals surface area contributed by atoms with E-state index in [0.717, 1.165) is 18.9 Å². The summed E-state index contributed by atoms with van der Waals surface area (Å²) in [5.74, 6) is -0.779. The second-order valence-electron chi connectivity index (χ2n) is 2.98. The lowest BCUT2D eigenvalue weighted by Gasteiger charge is -2.02. The molecule has 0 saturated carbocycles. The summed E-state index contributed by atoms with van der Waals surface area (Å²) in [7, 11) is -8.03. The molecule has 0 aliphatic carbocycles. The molecule has 4 nitrogen and oxygen atoms in total. The molecule has 0 atom stereocenters. The van der Waals surface area contributed by atoms with Gasteiger partial charge in [0.1, 0.15) is 0 Å². The topological polar surface area (TPSA) is 68.3 Å². The first-order chi connectivity index (χ1) is 6.37. The van der Waals surface area contributed by atoms with Crippen molar-refractivity contribution in [3.63, 3.8) is 0 Å². The molecule has 0 fully saturated rings. The van der Waals surface area contributed by atoms with E-state index in [0.29, 0.717) is 6.42 Å². The fourth-order valence-electron chi connectivity index (χ4n) is 0.904. The van der Waals surface area contributed by atoms with Crippen LogP contribution < -0.4 is 0 Å². The van der Waals surface area contributed by atoms with Crippen LogP contribution in [0.4, 0.5) is 0 Å². The Balaban J connectivity index is 4.55. The molecule has 0 saturated heterocycles. The zero-order valence-electron chi connectivity index (χ0n) is 8.27. The van der Waals surface area contributed by atoms with Crippen LogP contribution in [0.1, 0.15) is 26.2 Å². The standard InChI is InChI=1S/C8H16O4S2/c1-3-5-6-8-14(11,12)13(9,10)7-4-2/h4H,2-3,5-8H2,1H3. The Morgan fingerprint density at radius 3 is 2.07 bits per heavy atom. The molecule has 0 aromatic rings. The van der Waals surface area contributed by atoms with Crippen molar-refractivity contribution in [1.82, 2.24) is 0 Å². The minimum absolute atomic E-state index is 0.281. The van der Waals surface area contributed by atoms with E-state index in [9.17, 15) is 16.8 Å². The zero-order chi connectivity index (χ0) is 11.2. The molecular weight excluding hydrogens is 224 g/mol. The monoisotopic (exact) mass is 240 g/mol. The molecule has 0 aliphatic rings. The fourth-order valence-corrected chi connectivity index (χ4v) is 4.24. The van der Waals surface area contributed by atoms with Gasteiger partial charge in [-0.1, -0.05) is 25.8 Å². The molecule has 84 valence electrons. The third-order valence-corrected chi connectivity index (χ3v) is 7.14. The molecule has 0 unspecified atom stereocenters. The van der Waals surface area contributed by atoms with Crippen LogP contribution >= 0.6 is 0 Å². The third-order valence-electron chi connectivity index (χ3n) is 1.71. The van der Waals surface area contributed by atoms with Gasteiger partial charge in [-0.25, -0.2) is 16.8 Å². The van der Waals surface area contributed by atoms with Gasteiger partial charge < -0.3 is 0 Å². The first-order valence-electron chi connectivity index (χ1n) is 4.43. The van der Waals surface area contributed by atoms with Crippen LogP contribution in [-0.4, -0.2) is 28.3 Å². The van der Waals surface area contributed by atoms with Crippen LogP contribution in [0, 0.1) is 0 Å². The lowest BCUT2D eigenvalue weighted by Crippen LogP contribution is -2.21. The van der Waals surface area contributed by atoms with Gasteiger partial charge >= 0.3 is 0 Å². The van der Waals surface area contributed by atoms with Crippen LogP contribution in [0.2, 0.25) is 0 Å². The summed E-state index contributed by atoms with van der Waals surface area (Å²) in [5.41, 5.74) is 0. The summed E-state index contributed by atoms with van der Waals surface area (Å²) in [4.78, 5) is 0. The van der Waals surface area contributed by atoms with E-state index in [4.69, 9.17) is 0 Å². The van der Waals surface area contributed by atoms with E-state index < -0.39 is 23.5 Å². The molecule has 0 heterocycles. The fraction of sp³-hybridized carbons (Fsp3) is 0.750. The Morgan fingerprint density at radius 2 is 1.64 bits per heavy atom. The van der Waals surface area contributed by atoms with E-state index in [-0.39, 0.29) is 5.75 Å². The van der Waals surface area contributed by atoms with Crippen molar-refractivity contribution in [2.24, 2.45) is 0 Å². The first-order valence-corrected chi connectivity index (χ1v) is 8.26. The SMILES string of the molecule is C=CCS(=O)(=O)S(=O)(=O)CCCCC. The Bertz CT molecular complexity index is 364. The summed E-state index contributed by atoms with van der Waals surface area (Å²) in [6.07, 6.45) is 3.07. The van der Waals surface area contributed by atoms with E-state index in [1.807, 2.05) is 6.92 Å². The summed E-state index contributed by atoms with van der Waals surface area (Å²) in [5, 5.41) is 0. The Hall–Kier alpha value is -0.360. The molecule has 0 bridgehead atoms. The number of unbranched alkanes of at least 4 members (excludes halogenated alkanes) is 2. The molecule has 0 aromatic carbocycles. The normalized spacial score (nSPS) is 12.6. The van der Waals surface area contributed by atoms with E-state index in [1.54, 1.807) is 0 Å². The van der Waals surface area contributed by atoms with Crippen molar-refractivity contribution < 1.29 is 16.8 Å². The molecule has 0 spiro atoms. The quantitative estimate of drug-likeness (QED) is 0.380. The highest BCUT2D eigenvalue weighted by molar-refractivity contribution is 8.67. The van der Waals surface area contributed by atoms with Gasteiger partial charge in [0.2, 0.25) is 0 Å². The molecule has 0 aliphatic heterocycles. The molecule has 0 N–H and O–H groups in total. The van der Waals surface area contributed by atoms with E-state index in [2.05, 4.69) is 6.58 Å². The maximum absolute atomic E-state index is 11.3. The van der Waals surface area contributed by atoms with Gasteiger partial charge in [0, 0.05) is 0 Å². The smallest absolute Gasteiger partial charge is 0.213 e. The number of hydrogen-bond donors (Lipinski definition) is 0. The van der Waals surface area contributed by atoms with Crippen molar-refractivity contribution in [1.29, 1.82) is 0 Å². The predicted octanol–water partition coefficient (Wildman–Crippen LogP) is 1.11. The molecule has 0 rings (SSSR count). The highest BCUT2D eigenvalue weighted by Crippen LogP contribution is 2.08. The van der Waals surface area contributed by atoms with Crippen molar-refractivity contribution in [3.8, 4) is 0 Å². The largest absolute Gasteiger partial charge is 0.257 e. The highest BCUT2D eigenvalue weighted by Gasteiger charge is 2.27. The lowest BCUT2D eigenvalue weighted by atomic mass is 10.3. The molecule has 0 aromatic heterocycles. The van der Waals surface area contributed by atoms with Crippen LogP contribution in [0.25, 0.3) is 0 Å². The molecule has 0 radical (unpaired) electrons. The maximum Gasteiger partial charge on any atom is 0.257 e. The van der Waals surface area contributed by atoms with Gasteiger partial charge in [0.15, 0.2) is 0 Å². The Morgan fingerprint density at radius 1 is 1.07 bits per heavy atom. The van der Waals surface area contributed by atoms with Crippen molar-refractivity contribution in [2.75, 3.05) is 11.5 Å². The Kier molecular flexibility index (Phi) is 5.36.